The van der Waals surface area contributed by atoms with Crippen molar-refractivity contribution in [3.8, 4) is 0 Å². The van der Waals surface area contributed by atoms with Crippen molar-refractivity contribution >= 4 is 41.4 Å². The lowest BCUT2D eigenvalue weighted by Crippen LogP contribution is -2.56. The van der Waals surface area contributed by atoms with E-state index in [1.54, 1.807) is 7.11 Å². The van der Waals surface area contributed by atoms with Crippen molar-refractivity contribution in [2.24, 2.45) is 5.92 Å². The number of nitrogens with one attached hydrogen (secondary N) is 2. The fourth-order valence-corrected chi connectivity index (χ4v) is 7.27. The van der Waals surface area contributed by atoms with Crippen LogP contribution in [-0.4, -0.2) is 122 Å². The number of imide groups is 1. The molecule has 1 spiro atoms. The van der Waals surface area contributed by atoms with Crippen LogP contribution in [0.4, 0.5) is 4.79 Å². The molecule has 13 nitrogen and oxygen atoms in total. The molecule has 7 atom stereocenters. The van der Waals surface area contributed by atoms with Crippen molar-refractivity contribution in [2.75, 3.05) is 51.5 Å². The number of thioether (sulfide) groups is 1. The lowest BCUT2D eigenvalue weighted by molar-refractivity contribution is -0.142. The van der Waals surface area contributed by atoms with Crippen LogP contribution < -0.4 is 10.6 Å². The van der Waals surface area contributed by atoms with Gasteiger partial charge in [-0.05, 0) is 59.8 Å². The molecule has 3 aliphatic heterocycles. The van der Waals surface area contributed by atoms with Gasteiger partial charge in [-0.25, -0.2) is 4.79 Å². The SMILES string of the molecule is CO[C@H]1[C@H](C2(C)O[C@@H]2CC=C(C)C)[C@]2(CC[C@H]1OC(=O)NC(=O)CSCCNC(=O)C1CCCN1C(=O)COCC(C)=O)CO2. The van der Waals surface area contributed by atoms with E-state index in [2.05, 4.69) is 37.5 Å². The molecule has 2 unspecified atom stereocenters. The molecule has 4 amide bonds. The molecule has 0 bridgehead atoms. The normalized spacial score (nSPS) is 31.7. The third-order valence-electron chi connectivity index (χ3n) is 8.92. The Balaban J connectivity index is 1.16. The van der Waals surface area contributed by atoms with Crippen molar-refractivity contribution < 1.29 is 47.7 Å². The molecule has 252 valence electrons. The van der Waals surface area contributed by atoms with Crippen molar-refractivity contribution in [1.29, 1.82) is 0 Å². The van der Waals surface area contributed by atoms with Gasteiger partial charge in [0.1, 0.15) is 42.7 Å². The zero-order valence-corrected chi connectivity index (χ0v) is 27.7. The number of amides is 4. The van der Waals surface area contributed by atoms with Gasteiger partial charge < -0.3 is 33.9 Å². The number of Topliss-reactive ketones (excluding diaryl/α,β-unsaturated/α-hetero) is 1. The highest BCUT2D eigenvalue weighted by atomic mass is 32.2. The van der Waals surface area contributed by atoms with E-state index >= 15 is 0 Å². The summed E-state index contributed by atoms with van der Waals surface area (Å²) in [6, 6.07) is -0.588. The van der Waals surface area contributed by atoms with Crippen molar-refractivity contribution in [1.82, 2.24) is 15.5 Å². The molecule has 4 aliphatic rings. The van der Waals surface area contributed by atoms with Gasteiger partial charge in [-0.15, -0.1) is 0 Å². The molecule has 1 aliphatic carbocycles. The van der Waals surface area contributed by atoms with Gasteiger partial charge in [0.05, 0.1) is 24.4 Å². The molecule has 0 aromatic carbocycles. The highest BCUT2D eigenvalue weighted by molar-refractivity contribution is 7.99. The van der Waals surface area contributed by atoms with E-state index in [9.17, 15) is 24.0 Å². The molecule has 14 heteroatoms. The molecule has 0 radical (unpaired) electrons. The summed E-state index contributed by atoms with van der Waals surface area (Å²) in [6.45, 7) is 8.53. The maximum atomic E-state index is 12.7. The smallest absolute Gasteiger partial charge is 0.414 e. The molecular formula is C31H47N3O10S. The van der Waals surface area contributed by atoms with E-state index in [4.69, 9.17) is 23.7 Å². The number of alkyl carbamates (subject to hydrolysis) is 1. The minimum Gasteiger partial charge on any atom is -0.443 e. The van der Waals surface area contributed by atoms with Crippen LogP contribution in [0.2, 0.25) is 0 Å². The Hall–Kier alpha value is -2.52. The lowest BCUT2D eigenvalue weighted by atomic mass is 9.68. The minimum absolute atomic E-state index is 0.00238. The van der Waals surface area contributed by atoms with Crippen LogP contribution in [0.5, 0.6) is 0 Å². The van der Waals surface area contributed by atoms with Gasteiger partial charge in [0, 0.05) is 26.0 Å². The van der Waals surface area contributed by atoms with Gasteiger partial charge in [0.15, 0.2) is 5.78 Å². The zero-order chi connectivity index (χ0) is 32.8. The molecule has 45 heavy (non-hydrogen) atoms. The first-order chi connectivity index (χ1) is 21.4. The molecule has 4 rings (SSSR count). The lowest BCUT2D eigenvalue weighted by Gasteiger charge is -2.42. The summed E-state index contributed by atoms with van der Waals surface area (Å²) in [4.78, 5) is 62.7. The number of epoxide rings is 2. The predicted octanol–water partition coefficient (Wildman–Crippen LogP) is 1.76. The first kappa shape index (κ1) is 35.3. The molecule has 0 aromatic rings. The van der Waals surface area contributed by atoms with E-state index in [0.29, 0.717) is 51.1 Å². The number of carbonyl (C=O) groups is 5. The maximum Gasteiger partial charge on any atom is 0.414 e. The van der Waals surface area contributed by atoms with E-state index in [1.807, 2.05) is 0 Å². The molecule has 2 N–H and O–H groups in total. The summed E-state index contributed by atoms with van der Waals surface area (Å²) >= 11 is 1.26. The number of nitrogens with zero attached hydrogens (tertiary/aromatic N) is 1. The first-order valence-electron chi connectivity index (χ1n) is 15.6. The van der Waals surface area contributed by atoms with Crippen molar-refractivity contribution in [2.45, 2.75) is 95.4 Å². The van der Waals surface area contributed by atoms with Crippen LogP contribution >= 0.6 is 11.8 Å². The number of allylic oxidation sites excluding steroid dienone is 1. The number of rotatable bonds is 15. The quantitative estimate of drug-likeness (QED) is 0.150. The summed E-state index contributed by atoms with van der Waals surface area (Å²) < 4.78 is 28.8. The predicted molar refractivity (Wildman–Crippen MR) is 165 cm³/mol. The highest BCUT2D eigenvalue weighted by Crippen LogP contribution is 2.59. The van der Waals surface area contributed by atoms with E-state index < -0.39 is 35.9 Å². The van der Waals surface area contributed by atoms with Crippen molar-refractivity contribution in [3.05, 3.63) is 11.6 Å². The van der Waals surface area contributed by atoms with E-state index in [0.717, 1.165) is 6.42 Å². The minimum atomic E-state index is -0.825. The van der Waals surface area contributed by atoms with Gasteiger partial charge in [-0.3, -0.25) is 24.5 Å². The topological polar surface area (TPSA) is 165 Å². The van der Waals surface area contributed by atoms with Crippen LogP contribution in [0.15, 0.2) is 11.6 Å². The summed E-state index contributed by atoms with van der Waals surface area (Å²) in [5.41, 5.74) is 0.421. The number of ketones is 1. The van der Waals surface area contributed by atoms with E-state index in [-0.39, 0.29) is 54.2 Å². The molecular weight excluding hydrogens is 606 g/mol. The zero-order valence-electron chi connectivity index (χ0n) is 26.9. The Morgan fingerprint density at radius 1 is 1.11 bits per heavy atom. The number of hydrogen-bond acceptors (Lipinski definition) is 11. The third-order valence-corrected chi connectivity index (χ3v) is 9.88. The Morgan fingerprint density at radius 3 is 2.53 bits per heavy atom. The monoisotopic (exact) mass is 653 g/mol. The standard InChI is InChI=1S/C31H47N3O10S/c1-19(2)8-9-23-30(4,44-23)27-26(40-5)22(10-11-31(27)18-42-31)43-29(39)33-24(36)17-45-14-12-32-28(38)21-7-6-13-34(21)25(37)16-41-15-20(3)35/h8,21-23,26-27H,6-7,9-18H2,1-5H3,(H,32,38)(H,33,36,39)/t21?,22-,23-,26-,27-,30?,31+/m1/s1. The third kappa shape index (κ3) is 9.06. The number of methoxy groups -OCH3 is 1. The molecule has 4 fully saturated rings. The fourth-order valence-electron chi connectivity index (χ4n) is 6.62. The van der Waals surface area contributed by atoms with Crippen LogP contribution in [-0.2, 0) is 42.9 Å². The van der Waals surface area contributed by atoms with E-state index in [1.165, 1.54) is 29.2 Å². The summed E-state index contributed by atoms with van der Waals surface area (Å²) in [5, 5.41) is 5.10. The molecule has 3 saturated heterocycles. The largest absolute Gasteiger partial charge is 0.443 e. The number of carbonyl (C=O) groups excluding carboxylic acids is 5. The Kier molecular flexibility index (Phi) is 12.1. The Bertz CT molecular complexity index is 1160. The van der Waals surface area contributed by atoms with Gasteiger partial charge >= 0.3 is 6.09 Å². The highest BCUT2D eigenvalue weighted by Gasteiger charge is 2.72. The second-order valence-corrected chi connectivity index (χ2v) is 13.8. The first-order valence-corrected chi connectivity index (χ1v) is 16.8. The second-order valence-electron chi connectivity index (χ2n) is 12.7. The fraction of sp³-hybridized carbons (Fsp3) is 0.774. The summed E-state index contributed by atoms with van der Waals surface area (Å²) in [7, 11) is 1.60. The molecule has 0 aromatic heterocycles. The van der Waals surface area contributed by atoms with Crippen LogP contribution in [0.1, 0.15) is 59.8 Å². The Morgan fingerprint density at radius 2 is 1.87 bits per heavy atom. The summed E-state index contributed by atoms with van der Waals surface area (Å²) in [6.07, 6.45) is 3.66. The average Bonchev–Trinajstić information content (AvgIpc) is 3.82. The van der Waals surface area contributed by atoms with Crippen LogP contribution in [0, 0.1) is 5.92 Å². The number of hydrogen-bond donors (Lipinski definition) is 2. The maximum absolute atomic E-state index is 12.7. The van der Waals surface area contributed by atoms with Crippen molar-refractivity contribution in [3.63, 3.8) is 0 Å². The second kappa shape index (κ2) is 15.4. The Labute approximate surface area is 268 Å². The van der Waals surface area contributed by atoms with Gasteiger partial charge in [0.2, 0.25) is 17.7 Å². The molecule has 1 saturated carbocycles. The molecule has 3 heterocycles. The van der Waals surface area contributed by atoms with Crippen LogP contribution in [0.25, 0.3) is 0 Å². The summed E-state index contributed by atoms with van der Waals surface area (Å²) in [5.74, 6) is -0.962. The van der Waals surface area contributed by atoms with Gasteiger partial charge in [-0.2, -0.15) is 11.8 Å². The van der Waals surface area contributed by atoms with Gasteiger partial charge in [0.25, 0.3) is 0 Å². The number of likely N-dealkylation sites (tertiary alicyclic amines) is 1. The van der Waals surface area contributed by atoms with Crippen LogP contribution in [0.3, 0.4) is 0 Å². The number of ether oxygens (including phenoxy) is 5. The average molecular weight is 654 g/mol. The van der Waals surface area contributed by atoms with Gasteiger partial charge in [-0.1, -0.05) is 11.6 Å².